The molecule has 1 saturated carbocycles. The summed E-state index contributed by atoms with van der Waals surface area (Å²) in [6.07, 6.45) is 5.14. The van der Waals surface area contributed by atoms with Crippen molar-refractivity contribution in [1.29, 1.82) is 0 Å². The van der Waals surface area contributed by atoms with E-state index in [9.17, 15) is 4.79 Å². The highest BCUT2D eigenvalue weighted by molar-refractivity contribution is 5.79. The van der Waals surface area contributed by atoms with Crippen LogP contribution in [-0.2, 0) is 23.7 Å². The van der Waals surface area contributed by atoms with E-state index in [1.54, 1.807) is 0 Å². The lowest BCUT2D eigenvalue weighted by molar-refractivity contribution is -0.199. The number of carbonyl (C=O) groups excluding carboxylic acids is 1. The summed E-state index contributed by atoms with van der Waals surface area (Å²) in [5.74, 6) is -0.604. The zero-order valence-electron chi connectivity index (χ0n) is 13.1. The zero-order chi connectivity index (χ0) is 15.0. The highest BCUT2D eigenvalue weighted by atomic mass is 16.7. The maximum atomic E-state index is 12.8. The molecule has 0 unspecified atom stereocenters. The molecule has 4 rings (SSSR count). The first-order chi connectivity index (χ1) is 10.7. The van der Waals surface area contributed by atoms with Gasteiger partial charge in [0, 0.05) is 44.7 Å². The topological polar surface area (TPSA) is 57.2 Å². The Balaban J connectivity index is 1.36. The third-order valence-electron chi connectivity index (χ3n) is 5.48. The van der Waals surface area contributed by atoms with Crippen molar-refractivity contribution < 1.29 is 23.7 Å². The van der Waals surface area contributed by atoms with Gasteiger partial charge in [-0.25, -0.2) is 0 Å². The predicted molar refractivity (Wildman–Crippen MR) is 77.0 cm³/mol. The third kappa shape index (κ3) is 2.66. The van der Waals surface area contributed by atoms with Crippen LogP contribution in [0.1, 0.15) is 38.5 Å². The lowest BCUT2D eigenvalue weighted by Crippen LogP contribution is -2.50. The second kappa shape index (κ2) is 5.74. The number of amides is 1. The number of nitrogens with zero attached hydrogens (tertiary/aromatic N) is 1. The number of rotatable bonds is 1. The van der Waals surface area contributed by atoms with E-state index in [2.05, 4.69) is 0 Å². The standard InChI is InChI=1S/C16H25NO5/c18-14(13-2-1-3-16(12-13)21-10-11-22-16)17-6-4-15(5-7-17)19-8-9-20-15/h13H,1-12H2/t13-/m1/s1. The molecule has 1 amide bonds. The molecule has 22 heavy (non-hydrogen) atoms. The maximum absolute atomic E-state index is 12.8. The normalized spacial score (nSPS) is 33.6. The highest BCUT2D eigenvalue weighted by Gasteiger charge is 2.46. The molecule has 1 aliphatic carbocycles. The summed E-state index contributed by atoms with van der Waals surface area (Å²) < 4.78 is 23.0. The largest absolute Gasteiger partial charge is 0.348 e. The fourth-order valence-electron chi connectivity index (χ4n) is 4.28. The molecule has 3 aliphatic heterocycles. The van der Waals surface area contributed by atoms with Crippen LogP contribution in [-0.4, -0.2) is 61.9 Å². The van der Waals surface area contributed by atoms with Gasteiger partial charge in [-0.15, -0.1) is 0 Å². The zero-order valence-corrected chi connectivity index (χ0v) is 13.1. The Morgan fingerprint density at radius 2 is 1.45 bits per heavy atom. The van der Waals surface area contributed by atoms with Gasteiger partial charge in [0.2, 0.25) is 5.91 Å². The van der Waals surface area contributed by atoms with E-state index in [0.29, 0.717) is 32.8 Å². The second-order valence-corrected chi connectivity index (χ2v) is 6.83. The Morgan fingerprint density at radius 1 is 0.864 bits per heavy atom. The third-order valence-corrected chi connectivity index (χ3v) is 5.48. The van der Waals surface area contributed by atoms with Gasteiger partial charge in [0.05, 0.1) is 26.4 Å². The SMILES string of the molecule is O=C([C@@H]1CCCC2(C1)OCCO2)N1CCC2(CC1)OCCO2. The average Bonchev–Trinajstić information content (AvgIpc) is 3.18. The summed E-state index contributed by atoms with van der Waals surface area (Å²) in [5.41, 5.74) is 0. The van der Waals surface area contributed by atoms with E-state index < -0.39 is 11.6 Å². The lowest BCUT2D eigenvalue weighted by Gasteiger charge is -2.41. The van der Waals surface area contributed by atoms with Crippen LogP contribution < -0.4 is 0 Å². The van der Waals surface area contributed by atoms with Crippen molar-refractivity contribution in [3.63, 3.8) is 0 Å². The molecule has 4 fully saturated rings. The molecule has 0 aromatic carbocycles. The molecule has 124 valence electrons. The molecule has 3 saturated heterocycles. The summed E-state index contributed by atoms with van der Waals surface area (Å²) in [5, 5.41) is 0. The fourth-order valence-corrected chi connectivity index (χ4v) is 4.28. The summed E-state index contributed by atoms with van der Waals surface area (Å²) in [7, 11) is 0. The summed E-state index contributed by atoms with van der Waals surface area (Å²) in [6, 6.07) is 0. The van der Waals surface area contributed by atoms with Crippen molar-refractivity contribution in [2.45, 2.75) is 50.1 Å². The van der Waals surface area contributed by atoms with Gasteiger partial charge < -0.3 is 23.8 Å². The van der Waals surface area contributed by atoms with Crippen molar-refractivity contribution >= 4 is 5.91 Å². The van der Waals surface area contributed by atoms with E-state index in [0.717, 1.165) is 45.2 Å². The Labute approximate surface area is 131 Å². The molecule has 0 aromatic rings. The van der Waals surface area contributed by atoms with Gasteiger partial charge in [0.15, 0.2) is 11.6 Å². The average molecular weight is 311 g/mol. The second-order valence-electron chi connectivity index (χ2n) is 6.83. The molecule has 0 N–H and O–H groups in total. The van der Waals surface area contributed by atoms with Gasteiger partial charge in [-0.2, -0.15) is 0 Å². The minimum atomic E-state index is -0.479. The summed E-state index contributed by atoms with van der Waals surface area (Å²) in [4.78, 5) is 14.8. The molecule has 0 radical (unpaired) electrons. The van der Waals surface area contributed by atoms with Crippen molar-refractivity contribution in [3.05, 3.63) is 0 Å². The van der Waals surface area contributed by atoms with Gasteiger partial charge >= 0.3 is 0 Å². The van der Waals surface area contributed by atoms with E-state index in [-0.39, 0.29) is 11.8 Å². The lowest BCUT2D eigenvalue weighted by atomic mass is 9.83. The number of ether oxygens (including phenoxy) is 4. The first-order valence-corrected chi connectivity index (χ1v) is 8.55. The molecule has 4 aliphatic rings. The Hall–Kier alpha value is -0.690. The van der Waals surface area contributed by atoms with Gasteiger partial charge in [-0.3, -0.25) is 4.79 Å². The molecular formula is C16H25NO5. The van der Waals surface area contributed by atoms with E-state index in [1.807, 2.05) is 4.90 Å². The first kappa shape index (κ1) is 14.9. The van der Waals surface area contributed by atoms with E-state index in [1.165, 1.54) is 0 Å². The van der Waals surface area contributed by atoms with Crippen molar-refractivity contribution in [2.24, 2.45) is 5.92 Å². The Morgan fingerprint density at radius 3 is 2.09 bits per heavy atom. The highest BCUT2D eigenvalue weighted by Crippen LogP contribution is 2.40. The van der Waals surface area contributed by atoms with Gasteiger partial charge in [-0.05, 0) is 12.8 Å². The summed E-state index contributed by atoms with van der Waals surface area (Å²) in [6.45, 7) is 4.11. The van der Waals surface area contributed by atoms with E-state index in [4.69, 9.17) is 18.9 Å². The van der Waals surface area contributed by atoms with Gasteiger partial charge in [-0.1, -0.05) is 0 Å². The number of piperidine rings is 1. The quantitative estimate of drug-likeness (QED) is 0.730. The van der Waals surface area contributed by atoms with Crippen LogP contribution in [0.25, 0.3) is 0 Å². The van der Waals surface area contributed by atoms with Crippen LogP contribution in [0.3, 0.4) is 0 Å². The number of carbonyl (C=O) groups is 1. The Kier molecular flexibility index (Phi) is 3.88. The molecule has 0 aromatic heterocycles. The maximum Gasteiger partial charge on any atom is 0.225 e. The van der Waals surface area contributed by atoms with Crippen molar-refractivity contribution in [2.75, 3.05) is 39.5 Å². The molecule has 1 atom stereocenters. The first-order valence-electron chi connectivity index (χ1n) is 8.55. The van der Waals surface area contributed by atoms with Crippen LogP contribution in [0.15, 0.2) is 0 Å². The van der Waals surface area contributed by atoms with Gasteiger partial charge in [0.25, 0.3) is 0 Å². The number of hydrogen-bond acceptors (Lipinski definition) is 5. The van der Waals surface area contributed by atoms with E-state index >= 15 is 0 Å². The predicted octanol–water partition coefficient (Wildman–Crippen LogP) is 1.29. The van der Waals surface area contributed by atoms with Crippen LogP contribution in [0.4, 0.5) is 0 Å². The fraction of sp³-hybridized carbons (Fsp3) is 0.938. The molecule has 3 heterocycles. The van der Waals surface area contributed by atoms with Crippen molar-refractivity contribution in [3.8, 4) is 0 Å². The van der Waals surface area contributed by atoms with Gasteiger partial charge in [0.1, 0.15) is 0 Å². The molecular weight excluding hydrogens is 286 g/mol. The molecule has 6 nitrogen and oxygen atoms in total. The van der Waals surface area contributed by atoms with Crippen LogP contribution in [0.2, 0.25) is 0 Å². The minimum absolute atomic E-state index is 0.0336. The smallest absolute Gasteiger partial charge is 0.225 e. The monoisotopic (exact) mass is 311 g/mol. The van der Waals surface area contributed by atoms with Crippen LogP contribution >= 0.6 is 0 Å². The molecule has 2 spiro atoms. The molecule has 6 heteroatoms. The van der Waals surface area contributed by atoms with Crippen LogP contribution in [0.5, 0.6) is 0 Å². The number of hydrogen-bond donors (Lipinski definition) is 0. The number of likely N-dealkylation sites (tertiary alicyclic amines) is 1. The minimum Gasteiger partial charge on any atom is -0.348 e. The molecule has 0 bridgehead atoms. The summed E-state index contributed by atoms with van der Waals surface area (Å²) >= 11 is 0. The van der Waals surface area contributed by atoms with Crippen LogP contribution in [0, 0.1) is 5.92 Å². The van der Waals surface area contributed by atoms with Crippen molar-refractivity contribution in [1.82, 2.24) is 4.90 Å². The Bertz CT molecular complexity index is 418.